The molecule has 102 valence electrons. The molecule has 1 aromatic heterocycles. The van der Waals surface area contributed by atoms with E-state index < -0.39 is 0 Å². The van der Waals surface area contributed by atoms with E-state index >= 15 is 0 Å². The van der Waals surface area contributed by atoms with Crippen molar-refractivity contribution in [2.75, 3.05) is 5.32 Å². The van der Waals surface area contributed by atoms with Gasteiger partial charge in [-0.05, 0) is 37.8 Å². The first kappa shape index (κ1) is 17.2. The minimum atomic E-state index is 0. The van der Waals surface area contributed by atoms with Crippen molar-refractivity contribution in [1.29, 1.82) is 0 Å². The third-order valence-electron chi connectivity index (χ3n) is 2.99. The lowest BCUT2D eigenvalue weighted by atomic mass is 10.1. The van der Waals surface area contributed by atoms with Crippen molar-refractivity contribution in [2.45, 2.75) is 32.2 Å². The van der Waals surface area contributed by atoms with Crippen LogP contribution in [0.4, 0.5) is 5.69 Å². The van der Waals surface area contributed by atoms with Gasteiger partial charge in [-0.15, -0.1) is 24.8 Å². The van der Waals surface area contributed by atoms with Crippen molar-refractivity contribution < 1.29 is 4.79 Å². The molecule has 1 aliphatic carbocycles. The van der Waals surface area contributed by atoms with E-state index in [1.54, 1.807) is 12.4 Å². The average molecular weight is 292 g/mol. The van der Waals surface area contributed by atoms with Gasteiger partial charge in [-0.1, -0.05) is 0 Å². The zero-order valence-corrected chi connectivity index (χ0v) is 11.9. The summed E-state index contributed by atoms with van der Waals surface area (Å²) in [7, 11) is 0. The van der Waals surface area contributed by atoms with Crippen molar-refractivity contribution in [3.63, 3.8) is 0 Å². The third kappa shape index (κ3) is 4.44. The van der Waals surface area contributed by atoms with E-state index in [0.29, 0.717) is 0 Å². The van der Waals surface area contributed by atoms with Gasteiger partial charge >= 0.3 is 0 Å². The number of amides is 1. The van der Waals surface area contributed by atoms with Crippen molar-refractivity contribution in [1.82, 2.24) is 4.98 Å². The average Bonchev–Trinajstić information content (AvgIpc) is 2.65. The highest BCUT2D eigenvalue weighted by Gasteiger charge is 2.27. The highest BCUT2D eigenvalue weighted by Crippen LogP contribution is 2.25. The quantitative estimate of drug-likeness (QED) is 0.879. The van der Waals surface area contributed by atoms with Gasteiger partial charge in [-0.25, -0.2) is 0 Å². The van der Waals surface area contributed by atoms with Gasteiger partial charge in [0.1, 0.15) is 0 Å². The van der Waals surface area contributed by atoms with Crippen LogP contribution in [-0.2, 0) is 4.79 Å². The Labute approximate surface area is 120 Å². The zero-order valence-electron chi connectivity index (χ0n) is 10.3. The fraction of sp³-hybridized carbons (Fsp3) is 0.500. The lowest BCUT2D eigenvalue weighted by molar-refractivity contribution is -0.119. The number of hydrogen-bond donors (Lipinski definition) is 2. The van der Waals surface area contributed by atoms with E-state index in [9.17, 15) is 4.79 Å². The van der Waals surface area contributed by atoms with Gasteiger partial charge < -0.3 is 11.1 Å². The number of carbonyl (C=O) groups excluding carboxylic acids is 1. The van der Waals surface area contributed by atoms with Gasteiger partial charge in [0.25, 0.3) is 0 Å². The van der Waals surface area contributed by atoms with Crippen LogP contribution in [0.25, 0.3) is 0 Å². The smallest absolute Gasteiger partial charge is 0.227 e. The van der Waals surface area contributed by atoms with Crippen LogP contribution < -0.4 is 11.1 Å². The Morgan fingerprint density at radius 1 is 1.39 bits per heavy atom. The molecular formula is C12H19Cl2N3O. The molecule has 1 aromatic rings. The maximum atomic E-state index is 11.9. The molecule has 0 radical (unpaired) electrons. The van der Waals surface area contributed by atoms with Gasteiger partial charge in [0, 0.05) is 18.2 Å². The predicted molar refractivity (Wildman–Crippen MR) is 77.4 cm³/mol. The van der Waals surface area contributed by atoms with Gasteiger partial charge in [-0.3, -0.25) is 9.78 Å². The number of nitrogens with two attached hydrogens (primary N) is 1. The number of carbonyl (C=O) groups is 1. The van der Waals surface area contributed by atoms with Crippen LogP contribution in [-0.4, -0.2) is 16.9 Å². The molecule has 2 atom stereocenters. The molecule has 6 heteroatoms. The third-order valence-corrected chi connectivity index (χ3v) is 2.99. The Morgan fingerprint density at radius 2 is 2.11 bits per heavy atom. The van der Waals surface area contributed by atoms with Crippen LogP contribution in [0.1, 0.15) is 24.8 Å². The molecule has 4 nitrogen and oxygen atoms in total. The van der Waals surface area contributed by atoms with Crippen molar-refractivity contribution >= 4 is 36.4 Å². The summed E-state index contributed by atoms with van der Waals surface area (Å²) >= 11 is 0. The number of nitrogens with one attached hydrogen (secondary N) is 1. The minimum Gasteiger partial charge on any atom is -0.328 e. The Balaban J connectivity index is 0.00000144. The molecule has 0 aliphatic heterocycles. The van der Waals surface area contributed by atoms with Crippen LogP contribution in [0.2, 0.25) is 0 Å². The maximum absolute atomic E-state index is 11.9. The van der Waals surface area contributed by atoms with Crippen LogP contribution in [0.5, 0.6) is 0 Å². The number of halogens is 2. The number of nitrogens with zero attached hydrogens (tertiary/aromatic N) is 1. The Bertz CT molecular complexity index is 401. The number of pyridine rings is 1. The number of hydrogen-bond acceptors (Lipinski definition) is 3. The molecule has 1 saturated carbocycles. The first-order valence-electron chi connectivity index (χ1n) is 5.63. The molecule has 0 aromatic carbocycles. The van der Waals surface area contributed by atoms with E-state index in [1.165, 1.54) is 0 Å². The number of rotatable bonds is 2. The van der Waals surface area contributed by atoms with Gasteiger partial charge in [0.15, 0.2) is 0 Å². The van der Waals surface area contributed by atoms with Crippen molar-refractivity contribution in [3.8, 4) is 0 Å². The molecule has 2 rings (SSSR count). The van der Waals surface area contributed by atoms with Crippen molar-refractivity contribution in [3.05, 3.63) is 24.0 Å². The Morgan fingerprint density at radius 3 is 2.67 bits per heavy atom. The summed E-state index contributed by atoms with van der Waals surface area (Å²) in [6.45, 7) is 1.95. The molecule has 0 spiro atoms. The SMILES string of the molecule is Cc1cncc(NC(=O)C2CCC(N)C2)c1.Cl.Cl. The standard InChI is InChI=1S/C12H17N3O.2ClH/c1-8-4-11(7-14-6-8)15-12(16)9-2-3-10(13)5-9;;/h4,6-7,9-10H,2-3,5,13H2,1H3,(H,15,16);2*1H. The van der Waals surface area contributed by atoms with Gasteiger partial charge in [0.05, 0.1) is 11.9 Å². The molecule has 3 N–H and O–H groups in total. The molecule has 1 heterocycles. The Kier molecular flexibility index (Phi) is 7.21. The lowest BCUT2D eigenvalue weighted by Crippen LogP contribution is -2.23. The minimum absolute atomic E-state index is 0. The van der Waals surface area contributed by atoms with Crippen LogP contribution in [0, 0.1) is 12.8 Å². The second-order valence-electron chi connectivity index (χ2n) is 4.51. The van der Waals surface area contributed by atoms with Gasteiger partial charge in [-0.2, -0.15) is 0 Å². The lowest BCUT2D eigenvalue weighted by Gasteiger charge is -2.10. The second-order valence-corrected chi connectivity index (χ2v) is 4.51. The molecular weight excluding hydrogens is 273 g/mol. The second kappa shape index (κ2) is 7.56. The molecule has 1 aliphatic rings. The summed E-state index contributed by atoms with van der Waals surface area (Å²) in [6, 6.07) is 2.10. The first-order chi connectivity index (χ1) is 7.65. The fourth-order valence-electron chi connectivity index (χ4n) is 2.12. The maximum Gasteiger partial charge on any atom is 0.227 e. The molecule has 2 unspecified atom stereocenters. The van der Waals surface area contributed by atoms with E-state index in [2.05, 4.69) is 10.3 Å². The van der Waals surface area contributed by atoms with Gasteiger partial charge in [0.2, 0.25) is 5.91 Å². The summed E-state index contributed by atoms with van der Waals surface area (Å²) in [6.07, 6.45) is 6.07. The summed E-state index contributed by atoms with van der Waals surface area (Å²) in [4.78, 5) is 15.9. The van der Waals surface area contributed by atoms with E-state index in [4.69, 9.17) is 5.73 Å². The highest BCUT2D eigenvalue weighted by atomic mass is 35.5. The summed E-state index contributed by atoms with van der Waals surface area (Å²) in [5.74, 6) is 0.135. The molecule has 1 fully saturated rings. The zero-order chi connectivity index (χ0) is 11.5. The summed E-state index contributed by atoms with van der Waals surface area (Å²) in [5.41, 5.74) is 7.60. The van der Waals surface area contributed by atoms with Crippen LogP contribution in [0.3, 0.4) is 0 Å². The molecule has 0 bridgehead atoms. The van der Waals surface area contributed by atoms with E-state index in [-0.39, 0.29) is 42.7 Å². The molecule has 0 saturated heterocycles. The van der Waals surface area contributed by atoms with Crippen LogP contribution in [0.15, 0.2) is 18.5 Å². The normalized spacial score (nSPS) is 21.7. The number of aryl methyl sites for hydroxylation is 1. The fourth-order valence-corrected chi connectivity index (χ4v) is 2.12. The predicted octanol–water partition coefficient (Wildman–Crippen LogP) is 2.30. The highest BCUT2D eigenvalue weighted by molar-refractivity contribution is 5.92. The first-order valence-corrected chi connectivity index (χ1v) is 5.63. The summed E-state index contributed by atoms with van der Waals surface area (Å²) in [5, 5.41) is 2.89. The number of anilines is 1. The summed E-state index contributed by atoms with van der Waals surface area (Å²) < 4.78 is 0. The van der Waals surface area contributed by atoms with E-state index in [1.807, 2.05) is 13.0 Å². The van der Waals surface area contributed by atoms with E-state index in [0.717, 1.165) is 30.5 Å². The largest absolute Gasteiger partial charge is 0.328 e. The van der Waals surface area contributed by atoms with Crippen molar-refractivity contribution in [2.24, 2.45) is 11.7 Å². The topological polar surface area (TPSA) is 68.0 Å². The number of aromatic nitrogens is 1. The Hall–Kier alpha value is -0.840. The monoisotopic (exact) mass is 291 g/mol. The van der Waals surface area contributed by atoms with Crippen LogP contribution >= 0.6 is 24.8 Å². The molecule has 18 heavy (non-hydrogen) atoms. The molecule has 1 amide bonds.